The Morgan fingerprint density at radius 1 is 1.07 bits per heavy atom. The van der Waals surface area contributed by atoms with Gasteiger partial charge in [-0.05, 0) is 38.1 Å². The highest BCUT2D eigenvalue weighted by Crippen LogP contribution is 2.31. The van der Waals surface area contributed by atoms with Crippen molar-refractivity contribution in [1.29, 1.82) is 0 Å². The first kappa shape index (κ1) is 21.4. The Morgan fingerprint density at radius 3 is 2.28 bits per heavy atom. The Bertz CT molecular complexity index is 1110. The van der Waals surface area contributed by atoms with Crippen molar-refractivity contribution in [1.82, 2.24) is 4.57 Å². The van der Waals surface area contributed by atoms with E-state index in [-0.39, 0.29) is 5.91 Å². The molecular weight excluding hydrogens is 431 g/mol. The second-order valence-corrected chi connectivity index (χ2v) is 8.18. The highest BCUT2D eigenvalue weighted by molar-refractivity contribution is 7.09. The van der Waals surface area contributed by atoms with Gasteiger partial charge in [-0.15, -0.1) is 11.3 Å². The number of hydrogen-bond donors (Lipinski definition) is 0. The zero-order chi connectivity index (χ0) is 21.1. The average Bonchev–Trinajstić information content (AvgIpc) is 3.04. The van der Waals surface area contributed by atoms with E-state index in [0.29, 0.717) is 38.5 Å². The van der Waals surface area contributed by atoms with Gasteiger partial charge in [0.1, 0.15) is 11.5 Å². The summed E-state index contributed by atoms with van der Waals surface area (Å²) < 4.78 is 12.5. The third-order valence-corrected chi connectivity index (χ3v) is 6.12. The number of aromatic nitrogens is 1. The lowest BCUT2D eigenvalue weighted by atomic mass is 10.1. The van der Waals surface area contributed by atoms with E-state index in [1.165, 1.54) is 25.6 Å². The van der Waals surface area contributed by atoms with Gasteiger partial charge >= 0.3 is 0 Å². The topological polar surface area (TPSA) is 52.8 Å². The SMILES string of the molecule is CCn1c(-c2ccc(Cl)c(Cl)c2)c(C)sc1=NC(=O)c1cc(OC)cc(OC)c1. The molecule has 3 rings (SSSR count). The third-order valence-electron chi connectivity index (χ3n) is 4.38. The van der Waals surface area contributed by atoms with E-state index < -0.39 is 0 Å². The van der Waals surface area contributed by atoms with E-state index in [2.05, 4.69) is 4.99 Å². The summed E-state index contributed by atoms with van der Waals surface area (Å²) in [6.07, 6.45) is 0. The van der Waals surface area contributed by atoms with Crippen molar-refractivity contribution in [3.63, 3.8) is 0 Å². The van der Waals surface area contributed by atoms with Gasteiger partial charge in [0.25, 0.3) is 5.91 Å². The Kier molecular flexibility index (Phi) is 6.67. The van der Waals surface area contributed by atoms with Crippen molar-refractivity contribution in [3.05, 3.63) is 61.7 Å². The Balaban J connectivity index is 2.11. The van der Waals surface area contributed by atoms with Gasteiger partial charge in [-0.25, -0.2) is 0 Å². The Morgan fingerprint density at radius 2 is 1.72 bits per heavy atom. The maximum atomic E-state index is 12.9. The van der Waals surface area contributed by atoms with Crippen LogP contribution in [0.1, 0.15) is 22.2 Å². The molecule has 0 spiro atoms. The second-order valence-electron chi connectivity index (χ2n) is 6.18. The van der Waals surface area contributed by atoms with Crippen LogP contribution in [0, 0.1) is 6.92 Å². The van der Waals surface area contributed by atoms with Gasteiger partial charge in [0.2, 0.25) is 0 Å². The van der Waals surface area contributed by atoms with Crippen LogP contribution in [-0.4, -0.2) is 24.7 Å². The first-order valence-corrected chi connectivity index (χ1v) is 10.4. The number of carbonyl (C=O) groups excluding carboxylic acids is 1. The van der Waals surface area contributed by atoms with Crippen LogP contribution in [0.25, 0.3) is 11.3 Å². The molecule has 0 bridgehead atoms. The van der Waals surface area contributed by atoms with Crippen molar-refractivity contribution in [2.75, 3.05) is 14.2 Å². The molecule has 3 aromatic rings. The minimum absolute atomic E-state index is 0.369. The summed E-state index contributed by atoms with van der Waals surface area (Å²) >= 11 is 13.7. The fourth-order valence-electron chi connectivity index (χ4n) is 2.99. The predicted molar refractivity (Wildman–Crippen MR) is 118 cm³/mol. The minimum Gasteiger partial charge on any atom is -0.497 e. The maximum absolute atomic E-state index is 12.9. The Labute approximate surface area is 183 Å². The highest BCUT2D eigenvalue weighted by Gasteiger charge is 2.15. The zero-order valence-electron chi connectivity index (χ0n) is 16.5. The first-order chi connectivity index (χ1) is 13.9. The molecule has 2 aromatic carbocycles. The molecule has 5 nitrogen and oxygen atoms in total. The summed E-state index contributed by atoms with van der Waals surface area (Å²) in [5, 5.41) is 0.980. The summed E-state index contributed by atoms with van der Waals surface area (Å²) in [7, 11) is 3.08. The number of rotatable bonds is 5. The minimum atomic E-state index is -0.369. The van der Waals surface area contributed by atoms with Crippen molar-refractivity contribution in [2.24, 2.45) is 4.99 Å². The molecule has 152 valence electrons. The van der Waals surface area contributed by atoms with E-state index in [0.717, 1.165) is 16.1 Å². The lowest BCUT2D eigenvalue weighted by Gasteiger charge is -2.09. The number of methoxy groups -OCH3 is 2. The molecule has 1 aromatic heterocycles. The summed E-state index contributed by atoms with van der Waals surface area (Å²) in [6.45, 7) is 4.64. The molecule has 1 amide bonds. The van der Waals surface area contributed by atoms with Crippen molar-refractivity contribution >= 4 is 40.4 Å². The van der Waals surface area contributed by atoms with Crippen molar-refractivity contribution < 1.29 is 14.3 Å². The molecule has 29 heavy (non-hydrogen) atoms. The molecule has 0 saturated heterocycles. The number of thiazole rings is 1. The van der Waals surface area contributed by atoms with Crippen LogP contribution in [-0.2, 0) is 6.54 Å². The fourth-order valence-corrected chi connectivity index (χ4v) is 4.34. The number of halogens is 2. The molecular formula is C21H20Cl2N2O3S. The molecule has 0 fully saturated rings. The van der Waals surface area contributed by atoms with E-state index in [1.54, 1.807) is 24.3 Å². The number of hydrogen-bond acceptors (Lipinski definition) is 4. The summed E-state index contributed by atoms with van der Waals surface area (Å²) in [5.74, 6) is 0.696. The molecule has 0 saturated carbocycles. The summed E-state index contributed by atoms with van der Waals surface area (Å²) in [6, 6.07) is 10.5. The van der Waals surface area contributed by atoms with Crippen molar-refractivity contribution in [3.8, 4) is 22.8 Å². The largest absolute Gasteiger partial charge is 0.497 e. The number of aryl methyl sites for hydroxylation is 1. The lowest BCUT2D eigenvalue weighted by molar-refractivity contribution is 0.0997. The Hall–Kier alpha value is -2.28. The summed E-state index contributed by atoms with van der Waals surface area (Å²) in [4.78, 5) is 18.9. The average molecular weight is 451 g/mol. The zero-order valence-corrected chi connectivity index (χ0v) is 18.8. The highest BCUT2D eigenvalue weighted by atomic mass is 35.5. The van der Waals surface area contributed by atoms with Gasteiger partial charge in [-0.1, -0.05) is 29.3 Å². The number of ether oxygens (including phenoxy) is 2. The normalized spacial score (nSPS) is 11.6. The predicted octanol–water partition coefficient (Wildman–Crippen LogP) is 5.61. The molecule has 0 N–H and O–H groups in total. The van der Waals surface area contributed by atoms with Crippen LogP contribution < -0.4 is 14.3 Å². The summed E-state index contributed by atoms with van der Waals surface area (Å²) in [5.41, 5.74) is 2.28. The van der Waals surface area contributed by atoms with Gasteiger partial charge in [-0.3, -0.25) is 4.79 Å². The monoisotopic (exact) mass is 450 g/mol. The molecule has 0 aliphatic heterocycles. The van der Waals surface area contributed by atoms with Crippen LogP contribution in [0.4, 0.5) is 0 Å². The van der Waals surface area contributed by atoms with E-state index in [9.17, 15) is 4.79 Å². The smallest absolute Gasteiger partial charge is 0.279 e. The molecule has 0 aliphatic rings. The number of amides is 1. The number of nitrogens with zero attached hydrogens (tertiary/aromatic N) is 2. The molecule has 0 atom stereocenters. The second kappa shape index (κ2) is 9.03. The van der Waals surface area contributed by atoms with Crippen LogP contribution >= 0.6 is 34.5 Å². The van der Waals surface area contributed by atoms with E-state index >= 15 is 0 Å². The molecule has 0 unspecified atom stereocenters. The van der Waals surface area contributed by atoms with E-state index in [1.807, 2.05) is 30.5 Å². The van der Waals surface area contributed by atoms with Crippen LogP contribution in [0.5, 0.6) is 11.5 Å². The quantitative estimate of drug-likeness (QED) is 0.507. The maximum Gasteiger partial charge on any atom is 0.279 e. The van der Waals surface area contributed by atoms with Gasteiger partial charge in [0.15, 0.2) is 4.80 Å². The van der Waals surface area contributed by atoms with Crippen LogP contribution in [0.2, 0.25) is 10.0 Å². The molecule has 1 heterocycles. The molecule has 8 heteroatoms. The molecule has 0 radical (unpaired) electrons. The van der Waals surface area contributed by atoms with Gasteiger partial charge in [0.05, 0.1) is 30.0 Å². The van der Waals surface area contributed by atoms with E-state index in [4.69, 9.17) is 32.7 Å². The fraction of sp³-hybridized carbons (Fsp3) is 0.238. The van der Waals surface area contributed by atoms with Crippen LogP contribution in [0.15, 0.2) is 41.4 Å². The first-order valence-electron chi connectivity index (χ1n) is 8.85. The van der Waals surface area contributed by atoms with Gasteiger partial charge in [0, 0.05) is 28.6 Å². The number of carbonyl (C=O) groups is 1. The van der Waals surface area contributed by atoms with Gasteiger partial charge in [-0.2, -0.15) is 4.99 Å². The standard InChI is InChI=1S/C21H20Cl2N2O3S/c1-5-25-19(13-6-7-17(22)18(23)10-13)12(2)29-21(25)24-20(26)14-8-15(27-3)11-16(9-14)28-4/h6-11H,5H2,1-4H3. The van der Waals surface area contributed by atoms with Crippen molar-refractivity contribution in [2.45, 2.75) is 20.4 Å². The third kappa shape index (κ3) is 4.50. The lowest BCUT2D eigenvalue weighted by Crippen LogP contribution is -2.17. The molecule has 0 aliphatic carbocycles. The van der Waals surface area contributed by atoms with Gasteiger partial charge < -0.3 is 14.0 Å². The number of benzene rings is 2. The van der Waals surface area contributed by atoms with Crippen LogP contribution in [0.3, 0.4) is 0 Å².